The van der Waals surface area contributed by atoms with Gasteiger partial charge >= 0.3 is 0 Å². The summed E-state index contributed by atoms with van der Waals surface area (Å²) in [6, 6.07) is 5.55. The van der Waals surface area contributed by atoms with Crippen LogP contribution in [-0.4, -0.2) is 25.7 Å². The van der Waals surface area contributed by atoms with E-state index in [9.17, 15) is 9.18 Å². The van der Waals surface area contributed by atoms with Crippen LogP contribution in [0.25, 0.3) is 0 Å². The monoisotopic (exact) mass is 226 g/mol. The Labute approximate surface area is 93.6 Å². The van der Waals surface area contributed by atoms with Gasteiger partial charge < -0.3 is 15.8 Å². The maximum atomic E-state index is 12.6. The van der Waals surface area contributed by atoms with E-state index in [0.29, 0.717) is 18.8 Å². The number of ether oxygens (including phenoxy) is 1. The van der Waals surface area contributed by atoms with Gasteiger partial charge in [0.1, 0.15) is 12.4 Å². The van der Waals surface area contributed by atoms with Gasteiger partial charge in [0, 0.05) is 12.3 Å². The molecule has 0 aliphatic heterocycles. The zero-order valence-electron chi connectivity index (χ0n) is 8.91. The summed E-state index contributed by atoms with van der Waals surface area (Å²) in [4.78, 5) is 11.3. The zero-order chi connectivity index (χ0) is 11.8. The first-order valence-corrected chi connectivity index (χ1v) is 5.05. The Balaban J connectivity index is 2.26. The van der Waals surface area contributed by atoms with Gasteiger partial charge in [0.25, 0.3) is 0 Å². The van der Waals surface area contributed by atoms with Crippen molar-refractivity contribution >= 4 is 11.6 Å². The molecule has 88 valence electrons. The lowest BCUT2D eigenvalue weighted by Gasteiger charge is -2.05. The normalized spacial score (nSPS) is 10.1. The lowest BCUT2D eigenvalue weighted by atomic mass is 10.3. The van der Waals surface area contributed by atoms with Crippen LogP contribution in [-0.2, 0) is 9.53 Å². The van der Waals surface area contributed by atoms with Crippen LogP contribution >= 0.6 is 0 Å². The number of carbonyl (C=O) groups is 1. The summed E-state index contributed by atoms with van der Waals surface area (Å²) in [5.74, 6) is -0.596. The highest BCUT2D eigenvalue weighted by Crippen LogP contribution is 2.07. The van der Waals surface area contributed by atoms with Gasteiger partial charge in [-0.2, -0.15) is 0 Å². The van der Waals surface area contributed by atoms with E-state index in [0.717, 1.165) is 6.42 Å². The molecule has 1 aromatic carbocycles. The molecule has 4 nitrogen and oxygen atoms in total. The Morgan fingerprint density at radius 2 is 2.06 bits per heavy atom. The van der Waals surface area contributed by atoms with Gasteiger partial charge in [0.05, 0.1) is 0 Å². The Morgan fingerprint density at radius 1 is 1.38 bits per heavy atom. The highest BCUT2D eigenvalue weighted by molar-refractivity contribution is 5.91. The third kappa shape index (κ3) is 4.86. The van der Waals surface area contributed by atoms with Gasteiger partial charge in [0.15, 0.2) is 0 Å². The van der Waals surface area contributed by atoms with E-state index in [1.807, 2.05) is 0 Å². The van der Waals surface area contributed by atoms with Gasteiger partial charge in [-0.1, -0.05) is 0 Å². The minimum atomic E-state index is -0.336. The minimum absolute atomic E-state index is 0.0165. The summed E-state index contributed by atoms with van der Waals surface area (Å²) < 4.78 is 17.6. The van der Waals surface area contributed by atoms with Crippen molar-refractivity contribution in [1.82, 2.24) is 0 Å². The fraction of sp³-hybridized carbons (Fsp3) is 0.364. The SMILES string of the molecule is NCCCOCC(=O)Nc1ccc(F)cc1. The van der Waals surface area contributed by atoms with Crippen LogP contribution < -0.4 is 11.1 Å². The van der Waals surface area contributed by atoms with Crippen LogP contribution in [0.1, 0.15) is 6.42 Å². The van der Waals surface area contributed by atoms with Crippen molar-refractivity contribution in [3.05, 3.63) is 30.1 Å². The Kier molecular flexibility index (Phi) is 5.45. The van der Waals surface area contributed by atoms with Gasteiger partial charge in [-0.3, -0.25) is 4.79 Å². The lowest BCUT2D eigenvalue weighted by Crippen LogP contribution is -2.19. The van der Waals surface area contributed by atoms with Crippen LogP contribution in [0.5, 0.6) is 0 Å². The maximum absolute atomic E-state index is 12.6. The number of rotatable bonds is 6. The number of hydrogen-bond donors (Lipinski definition) is 2. The number of nitrogens with one attached hydrogen (secondary N) is 1. The predicted molar refractivity (Wildman–Crippen MR) is 59.5 cm³/mol. The van der Waals surface area contributed by atoms with E-state index < -0.39 is 0 Å². The van der Waals surface area contributed by atoms with Crippen molar-refractivity contribution in [2.75, 3.05) is 25.1 Å². The molecule has 0 saturated carbocycles. The lowest BCUT2D eigenvalue weighted by molar-refractivity contribution is -0.120. The third-order valence-electron chi connectivity index (χ3n) is 1.85. The van der Waals surface area contributed by atoms with Crippen LogP contribution in [0, 0.1) is 5.82 Å². The predicted octanol–water partition coefficient (Wildman–Crippen LogP) is 1.13. The molecule has 0 heterocycles. The third-order valence-corrected chi connectivity index (χ3v) is 1.85. The average Bonchev–Trinajstić information content (AvgIpc) is 2.28. The molecule has 1 rings (SSSR count). The van der Waals surface area contributed by atoms with Gasteiger partial charge in [-0.05, 0) is 37.2 Å². The van der Waals surface area contributed by atoms with E-state index in [2.05, 4.69) is 5.32 Å². The number of anilines is 1. The summed E-state index contributed by atoms with van der Waals surface area (Å²) >= 11 is 0. The summed E-state index contributed by atoms with van der Waals surface area (Å²) in [7, 11) is 0. The Hall–Kier alpha value is -1.46. The summed E-state index contributed by atoms with van der Waals surface area (Å²) in [6.45, 7) is 0.990. The van der Waals surface area contributed by atoms with Crippen molar-refractivity contribution < 1.29 is 13.9 Å². The number of benzene rings is 1. The highest BCUT2D eigenvalue weighted by Gasteiger charge is 2.02. The topological polar surface area (TPSA) is 64.3 Å². The van der Waals surface area contributed by atoms with Gasteiger partial charge in [-0.15, -0.1) is 0 Å². The molecular formula is C11H15FN2O2. The first-order valence-electron chi connectivity index (χ1n) is 5.05. The first-order chi connectivity index (χ1) is 7.72. The van der Waals surface area contributed by atoms with Gasteiger partial charge in [-0.25, -0.2) is 4.39 Å². The van der Waals surface area contributed by atoms with Crippen LogP contribution in [0.4, 0.5) is 10.1 Å². The van der Waals surface area contributed by atoms with E-state index >= 15 is 0 Å². The van der Waals surface area contributed by atoms with Crippen molar-refractivity contribution in [3.63, 3.8) is 0 Å². The second-order valence-corrected chi connectivity index (χ2v) is 3.25. The van der Waals surface area contributed by atoms with E-state index in [1.54, 1.807) is 0 Å². The molecule has 1 aromatic rings. The van der Waals surface area contributed by atoms with Crippen LogP contribution in [0.2, 0.25) is 0 Å². The second kappa shape index (κ2) is 6.92. The van der Waals surface area contributed by atoms with Crippen LogP contribution in [0.15, 0.2) is 24.3 Å². The molecule has 0 aromatic heterocycles. The molecule has 3 N–H and O–H groups in total. The molecule has 0 fully saturated rings. The molecule has 16 heavy (non-hydrogen) atoms. The van der Waals surface area contributed by atoms with E-state index in [-0.39, 0.29) is 18.3 Å². The molecule has 0 aliphatic carbocycles. The van der Waals surface area contributed by atoms with E-state index in [1.165, 1.54) is 24.3 Å². The van der Waals surface area contributed by atoms with Crippen molar-refractivity contribution in [2.45, 2.75) is 6.42 Å². The van der Waals surface area contributed by atoms with Crippen molar-refractivity contribution in [1.29, 1.82) is 0 Å². The molecule has 5 heteroatoms. The molecule has 0 unspecified atom stereocenters. The largest absolute Gasteiger partial charge is 0.372 e. The number of hydrogen-bond acceptors (Lipinski definition) is 3. The summed E-state index contributed by atoms with van der Waals surface area (Å²) in [6.07, 6.45) is 0.726. The Bertz CT molecular complexity index is 327. The molecule has 0 spiro atoms. The average molecular weight is 226 g/mol. The molecular weight excluding hydrogens is 211 g/mol. The molecule has 1 amide bonds. The summed E-state index contributed by atoms with van der Waals surface area (Å²) in [5, 5.41) is 2.58. The molecule has 0 atom stereocenters. The molecule has 0 bridgehead atoms. The zero-order valence-corrected chi connectivity index (χ0v) is 8.91. The maximum Gasteiger partial charge on any atom is 0.250 e. The highest BCUT2D eigenvalue weighted by atomic mass is 19.1. The quantitative estimate of drug-likeness (QED) is 0.715. The first kappa shape index (κ1) is 12.6. The fourth-order valence-corrected chi connectivity index (χ4v) is 1.08. The van der Waals surface area contributed by atoms with Crippen molar-refractivity contribution in [3.8, 4) is 0 Å². The minimum Gasteiger partial charge on any atom is -0.372 e. The number of amides is 1. The number of halogens is 1. The smallest absolute Gasteiger partial charge is 0.250 e. The molecule has 0 aliphatic rings. The summed E-state index contributed by atoms with van der Waals surface area (Å²) in [5.41, 5.74) is 5.82. The van der Waals surface area contributed by atoms with Gasteiger partial charge in [0.2, 0.25) is 5.91 Å². The molecule has 0 saturated heterocycles. The standard InChI is InChI=1S/C11H15FN2O2/c12-9-2-4-10(5-3-9)14-11(15)8-16-7-1-6-13/h2-5H,1,6-8,13H2,(H,14,15). The van der Waals surface area contributed by atoms with E-state index in [4.69, 9.17) is 10.5 Å². The second-order valence-electron chi connectivity index (χ2n) is 3.25. The molecule has 0 radical (unpaired) electrons. The fourth-order valence-electron chi connectivity index (χ4n) is 1.08. The van der Waals surface area contributed by atoms with Crippen molar-refractivity contribution in [2.24, 2.45) is 5.73 Å². The number of nitrogens with two attached hydrogens (primary N) is 1. The Morgan fingerprint density at radius 3 is 2.69 bits per heavy atom. The van der Waals surface area contributed by atoms with Crippen LogP contribution in [0.3, 0.4) is 0 Å². The number of carbonyl (C=O) groups excluding carboxylic acids is 1.